The number of nitrogens with one attached hydrogen (secondary N) is 4. The third kappa shape index (κ3) is 12.2. The van der Waals surface area contributed by atoms with Crippen molar-refractivity contribution in [2.24, 2.45) is 4.99 Å². The summed E-state index contributed by atoms with van der Waals surface area (Å²) in [6.07, 6.45) is 1.92. The minimum Gasteiger partial charge on any atom is -0.497 e. The number of hydrogen-bond donors (Lipinski definition) is 4. The van der Waals surface area contributed by atoms with Crippen molar-refractivity contribution in [2.75, 3.05) is 13.7 Å². The predicted octanol–water partition coefficient (Wildman–Crippen LogP) is 3.64. The number of rotatable bonds is 14. The number of carbonyl (C=O) groups excluding carboxylic acids is 5. The summed E-state index contributed by atoms with van der Waals surface area (Å²) in [6.45, 7) is 3.53. The van der Waals surface area contributed by atoms with E-state index in [-0.39, 0.29) is 19.4 Å². The average Bonchev–Trinajstić information content (AvgIpc) is 3.17. The van der Waals surface area contributed by atoms with E-state index in [1.54, 1.807) is 54.7 Å². The topological polar surface area (TPSA) is 164 Å². The van der Waals surface area contributed by atoms with Crippen molar-refractivity contribution in [3.05, 3.63) is 126 Å². The fourth-order valence-corrected chi connectivity index (χ4v) is 5.18. The van der Waals surface area contributed by atoms with Crippen molar-refractivity contribution >= 4 is 41.3 Å². The molecule has 0 fully saturated rings. The van der Waals surface area contributed by atoms with Crippen LogP contribution in [0.25, 0.3) is 0 Å². The number of hydrogen-bond acceptors (Lipinski definition) is 8. The number of nitrogens with zero attached hydrogens (tertiary/aromatic N) is 1. The van der Waals surface area contributed by atoms with E-state index in [9.17, 15) is 24.0 Å². The summed E-state index contributed by atoms with van der Waals surface area (Å²) in [4.78, 5) is 68.3. The van der Waals surface area contributed by atoms with Gasteiger partial charge in [0, 0.05) is 32.5 Å². The Labute approximate surface area is 303 Å². The monoisotopic (exact) mass is 705 g/mol. The highest BCUT2D eigenvalue weighted by molar-refractivity contribution is 6.38. The largest absolute Gasteiger partial charge is 0.497 e. The number of aliphatic imine (C=N–C) groups is 1. The first-order chi connectivity index (χ1) is 25.1. The third-order valence-electron chi connectivity index (χ3n) is 7.89. The van der Waals surface area contributed by atoms with Crippen LogP contribution in [0.15, 0.2) is 114 Å². The van der Waals surface area contributed by atoms with Gasteiger partial charge in [-0.15, -0.1) is 0 Å². The Morgan fingerprint density at radius 2 is 1.29 bits per heavy atom. The number of benzene rings is 4. The minimum absolute atomic E-state index is 0.0651. The van der Waals surface area contributed by atoms with Gasteiger partial charge in [-0.05, 0) is 47.9 Å². The lowest BCUT2D eigenvalue weighted by Crippen LogP contribution is -2.57. The molecule has 0 saturated carbocycles. The van der Waals surface area contributed by atoms with Crippen molar-refractivity contribution in [3.63, 3.8) is 0 Å². The van der Waals surface area contributed by atoms with E-state index in [4.69, 9.17) is 9.47 Å². The fraction of sp³-hybridized carbons (Fsp3) is 0.250. The highest BCUT2D eigenvalue weighted by Gasteiger charge is 2.31. The fourth-order valence-electron chi connectivity index (χ4n) is 5.18. The molecule has 1 aliphatic rings. The Balaban J connectivity index is 0.000000513. The summed E-state index contributed by atoms with van der Waals surface area (Å²) in [5.74, 6) is -1.78. The van der Waals surface area contributed by atoms with Crippen LogP contribution in [0.4, 0.5) is 5.69 Å². The molecule has 0 aliphatic carbocycles. The van der Waals surface area contributed by atoms with E-state index in [0.29, 0.717) is 12.4 Å². The highest BCUT2D eigenvalue weighted by Crippen LogP contribution is 2.28. The van der Waals surface area contributed by atoms with Crippen molar-refractivity contribution in [1.29, 1.82) is 0 Å². The van der Waals surface area contributed by atoms with Gasteiger partial charge >= 0.3 is 0 Å². The first-order valence-electron chi connectivity index (χ1n) is 16.8. The zero-order valence-corrected chi connectivity index (χ0v) is 29.3. The van der Waals surface area contributed by atoms with Gasteiger partial charge in [-0.2, -0.15) is 0 Å². The van der Waals surface area contributed by atoms with Gasteiger partial charge in [-0.25, -0.2) is 0 Å². The third-order valence-corrected chi connectivity index (χ3v) is 7.89. The number of ether oxygens (including phenoxy) is 2. The molecule has 4 aromatic carbocycles. The summed E-state index contributed by atoms with van der Waals surface area (Å²) >= 11 is 0. The smallest absolute Gasteiger partial charge is 0.289 e. The minimum atomic E-state index is -1.20. The molecule has 3 atom stereocenters. The number of para-hydroxylation sites is 2. The molecule has 0 radical (unpaired) electrons. The van der Waals surface area contributed by atoms with Gasteiger partial charge in [0.2, 0.25) is 23.5 Å². The summed E-state index contributed by atoms with van der Waals surface area (Å²) < 4.78 is 10.5. The molecule has 270 valence electrons. The second-order valence-corrected chi connectivity index (χ2v) is 11.9. The molecule has 0 saturated heterocycles. The number of ketones is 1. The molecule has 4 amide bonds. The lowest BCUT2D eigenvalue weighted by atomic mass is 9.99. The maximum atomic E-state index is 13.6. The molecule has 1 aliphatic heterocycles. The molecule has 0 aromatic heterocycles. The molecule has 12 heteroatoms. The Morgan fingerprint density at radius 3 is 1.92 bits per heavy atom. The molecule has 1 heterocycles. The van der Waals surface area contributed by atoms with Gasteiger partial charge in [0.05, 0.1) is 7.11 Å². The molecule has 3 unspecified atom stereocenters. The summed E-state index contributed by atoms with van der Waals surface area (Å²) in [5.41, 5.74) is 3.20. The predicted molar refractivity (Wildman–Crippen MR) is 197 cm³/mol. The zero-order chi connectivity index (χ0) is 37.3. The first kappa shape index (κ1) is 38.5. The van der Waals surface area contributed by atoms with Crippen LogP contribution in [0.2, 0.25) is 0 Å². The lowest BCUT2D eigenvalue weighted by Gasteiger charge is -2.24. The second kappa shape index (κ2) is 19.8. The molecule has 12 nitrogen and oxygen atoms in total. The van der Waals surface area contributed by atoms with Gasteiger partial charge in [0.15, 0.2) is 0 Å². The number of Topliss-reactive ketones (excluding diaryl/α,β-unsaturated/α-hetero) is 1. The zero-order valence-electron chi connectivity index (χ0n) is 29.3. The van der Waals surface area contributed by atoms with Gasteiger partial charge in [0.1, 0.15) is 41.9 Å². The Bertz CT molecular complexity index is 1830. The molecule has 4 aromatic rings. The Hall–Kier alpha value is -6.30. The average molecular weight is 706 g/mol. The van der Waals surface area contributed by atoms with E-state index < -0.39 is 47.5 Å². The molecular weight excluding hydrogens is 662 g/mol. The number of carbonyl (C=O) groups is 5. The molecule has 0 bridgehead atoms. The lowest BCUT2D eigenvalue weighted by molar-refractivity contribution is -0.140. The summed E-state index contributed by atoms with van der Waals surface area (Å²) in [7, 11) is 1.54. The SMILES string of the molecule is C1=Nc2ccccc2OC1.COc1ccc(CC(NC(=O)C(C)NC(C)=O)C(=O)NC(Cc2ccccc2)C(=O)C(=O)NCc2ccccc2)cc1. The molecule has 4 N–H and O–H groups in total. The van der Waals surface area contributed by atoms with E-state index >= 15 is 0 Å². The van der Waals surface area contributed by atoms with Crippen LogP contribution in [0.5, 0.6) is 11.5 Å². The van der Waals surface area contributed by atoms with Crippen molar-refractivity contribution < 1.29 is 33.4 Å². The van der Waals surface area contributed by atoms with Gasteiger partial charge < -0.3 is 30.7 Å². The van der Waals surface area contributed by atoms with Crippen molar-refractivity contribution in [1.82, 2.24) is 21.3 Å². The van der Waals surface area contributed by atoms with Crippen LogP contribution in [-0.2, 0) is 43.4 Å². The van der Waals surface area contributed by atoms with Gasteiger partial charge in [0.25, 0.3) is 5.91 Å². The Morgan fingerprint density at radius 1 is 0.712 bits per heavy atom. The molecule has 52 heavy (non-hydrogen) atoms. The van der Waals surface area contributed by atoms with Gasteiger partial charge in [-0.1, -0.05) is 84.9 Å². The summed E-state index contributed by atoms with van der Waals surface area (Å²) in [5, 5.41) is 10.5. The van der Waals surface area contributed by atoms with E-state index in [1.165, 1.54) is 21.0 Å². The van der Waals surface area contributed by atoms with Crippen molar-refractivity contribution in [2.45, 2.75) is 51.4 Å². The van der Waals surface area contributed by atoms with Crippen molar-refractivity contribution in [3.8, 4) is 11.5 Å². The van der Waals surface area contributed by atoms with Crippen LogP contribution in [0.1, 0.15) is 30.5 Å². The quantitative estimate of drug-likeness (QED) is 0.146. The van der Waals surface area contributed by atoms with E-state index in [2.05, 4.69) is 26.3 Å². The number of amides is 4. The van der Waals surface area contributed by atoms with Crippen LogP contribution in [0, 0.1) is 0 Å². The number of fused-ring (bicyclic) bond motifs is 1. The van der Waals surface area contributed by atoms with Crippen LogP contribution < -0.4 is 30.7 Å². The normalized spacial score (nSPS) is 12.9. The van der Waals surface area contributed by atoms with Crippen LogP contribution in [0.3, 0.4) is 0 Å². The van der Waals surface area contributed by atoms with Crippen LogP contribution >= 0.6 is 0 Å². The first-order valence-corrected chi connectivity index (χ1v) is 16.8. The molecule has 5 rings (SSSR count). The molecular formula is C40H43N5O7. The number of methoxy groups -OCH3 is 1. The van der Waals surface area contributed by atoms with Gasteiger partial charge in [-0.3, -0.25) is 29.0 Å². The molecule has 0 spiro atoms. The highest BCUT2D eigenvalue weighted by atomic mass is 16.5. The summed E-state index contributed by atoms with van der Waals surface area (Å²) in [6, 6.07) is 29.6. The van der Waals surface area contributed by atoms with E-state index in [0.717, 1.165) is 28.1 Å². The maximum Gasteiger partial charge on any atom is 0.289 e. The van der Waals surface area contributed by atoms with E-state index in [1.807, 2.05) is 60.7 Å². The maximum absolute atomic E-state index is 13.6. The standard InChI is InChI=1S/C32H36N4O6.C8H7NO/c1-21(34-22(2)37)30(39)36-28(19-24-14-16-26(42-3)17-15-24)31(40)35-27(18-23-10-6-4-7-11-23)29(38)32(41)33-20-25-12-8-5-9-13-25;1-2-4-8-7(3-1)9-5-6-10-8/h4-17,21,27-28H,18-20H2,1-3H3,(H,33,41)(H,34,37)(H,35,40)(H,36,39);1-5H,6H2. The van der Waals surface area contributed by atoms with Crippen LogP contribution in [-0.4, -0.2) is 67.5 Å². The second-order valence-electron chi connectivity index (χ2n) is 11.9. The Kier molecular flexibility index (Phi) is 14.6.